The van der Waals surface area contributed by atoms with E-state index in [1.807, 2.05) is 0 Å². The molecule has 2 fully saturated rings. The Hall–Kier alpha value is -1.61. The number of carbonyl (C=O) groups is 1. The number of alkyl halides is 3. The molecule has 0 aliphatic carbocycles. The standard InChI is InChI=1S/C18H22F3NO4S/c19-18(20,21)14-5-3-13(4-6-14)10-17(23)22(11-16-2-1-8-26-16)15-7-9-27(24,25)12-15/h3-6,15-16H,1-2,7-12H2/t15-,16+/m0/s1. The molecule has 2 saturated heterocycles. The molecular weight excluding hydrogens is 383 g/mol. The summed E-state index contributed by atoms with van der Waals surface area (Å²) in [4.78, 5) is 14.4. The molecule has 0 unspecified atom stereocenters. The van der Waals surface area contributed by atoms with E-state index in [1.54, 1.807) is 4.90 Å². The minimum Gasteiger partial charge on any atom is -0.376 e. The Balaban J connectivity index is 1.72. The Bertz CT molecular complexity index is 771. The van der Waals surface area contributed by atoms with Crippen molar-refractivity contribution in [2.24, 2.45) is 0 Å². The largest absolute Gasteiger partial charge is 0.416 e. The second kappa shape index (κ2) is 7.79. The molecule has 2 aliphatic rings. The number of sulfone groups is 1. The Labute approximate surface area is 156 Å². The summed E-state index contributed by atoms with van der Waals surface area (Å²) in [5, 5.41) is 0. The van der Waals surface area contributed by atoms with Gasteiger partial charge in [0.15, 0.2) is 9.84 Å². The summed E-state index contributed by atoms with van der Waals surface area (Å²) < 4.78 is 67.2. The van der Waals surface area contributed by atoms with E-state index in [2.05, 4.69) is 0 Å². The van der Waals surface area contributed by atoms with Gasteiger partial charge in [0, 0.05) is 19.2 Å². The van der Waals surface area contributed by atoms with E-state index in [-0.39, 0.29) is 29.9 Å². The van der Waals surface area contributed by atoms with E-state index in [0.717, 1.165) is 25.0 Å². The van der Waals surface area contributed by atoms with Crippen molar-refractivity contribution in [1.29, 1.82) is 0 Å². The maximum Gasteiger partial charge on any atom is 0.416 e. The van der Waals surface area contributed by atoms with Gasteiger partial charge >= 0.3 is 6.18 Å². The third-order valence-electron chi connectivity index (χ3n) is 5.03. The number of nitrogens with zero attached hydrogens (tertiary/aromatic N) is 1. The molecule has 0 radical (unpaired) electrons. The number of halogens is 3. The van der Waals surface area contributed by atoms with Crippen molar-refractivity contribution in [3.8, 4) is 0 Å². The van der Waals surface area contributed by atoms with Gasteiger partial charge in [0.05, 0.1) is 29.6 Å². The first-order valence-corrected chi connectivity index (χ1v) is 10.7. The van der Waals surface area contributed by atoms with Gasteiger partial charge in [-0.05, 0) is 37.0 Å². The fraction of sp³-hybridized carbons (Fsp3) is 0.611. The minimum atomic E-state index is -4.42. The van der Waals surface area contributed by atoms with Gasteiger partial charge in [-0.15, -0.1) is 0 Å². The molecule has 2 aliphatic heterocycles. The van der Waals surface area contributed by atoms with Gasteiger partial charge in [-0.1, -0.05) is 12.1 Å². The van der Waals surface area contributed by atoms with Gasteiger partial charge in [-0.2, -0.15) is 13.2 Å². The lowest BCUT2D eigenvalue weighted by Gasteiger charge is -2.30. The summed E-state index contributed by atoms with van der Waals surface area (Å²) in [6.45, 7) is 0.939. The number of hydrogen-bond donors (Lipinski definition) is 0. The predicted octanol–water partition coefficient (Wildman–Crippen LogP) is 2.44. The maximum atomic E-state index is 12.8. The number of carbonyl (C=O) groups excluding carboxylic acids is 1. The molecule has 0 aromatic heterocycles. The zero-order valence-electron chi connectivity index (χ0n) is 14.7. The minimum absolute atomic E-state index is 0.0489. The van der Waals surface area contributed by atoms with Crippen molar-refractivity contribution in [1.82, 2.24) is 4.90 Å². The third-order valence-corrected chi connectivity index (χ3v) is 6.78. The molecule has 9 heteroatoms. The highest BCUT2D eigenvalue weighted by atomic mass is 32.2. The van der Waals surface area contributed by atoms with Crippen LogP contribution in [0.2, 0.25) is 0 Å². The zero-order valence-corrected chi connectivity index (χ0v) is 15.6. The van der Waals surface area contributed by atoms with Crippen LogP contribution in [-0.2, 0) is 32.0 Å². The second-order valence-electron chi connectivity index (χ2n) is 7.11. The van der Waals surface area contributed by atoms with Crippen LogP contribution in [0.4, 0.5) is 13.2 Å². The molecule has 0 N–H and O–H groups in total. The van der Waals surface area contributed by atoms with E-state index in [9.17, 15) is 26.4 Å². The molecule has 2 heterocycles. The molecule has 1 amide bonds. The number of benzene rings is 1. The first-order chi connectivity index (χ1) is 12.6. The molecule has 1 aromatic carbocycles. The van der Waals surface area contributed by atoms with E-state index in [0.29, 0.717) is 25.1 Å². The van der Waals surface area contributed by atoms with E-state index < -0.39 is 27.6 Å². The van der Waals surface area contributed by atoms with Crippen molar-refractivity contribution in [2.45, 2.75) is 44.0 Å². The van der Waals surface area contributed by atoms with Crippen molar-refractivity contribution in [3.05, 3.63) is 35.4 Å². The lowest BCUT2D eigenvalue weighted by Crippen LogP contribution is -2.46. The summed E-state index contributed by atoms with van der Waals surface area (Å²) in [5.74, 6) is -0.307. The normalized spacial score (nSPS) is 24.9. The first-order valence-electron chi connectivity index (χ1n) is 8.92. The lowest BCUT2D eigenvalue weighted by atomic mass is 10.1. The first kappa shape index (κ1) is 20.1. The highest BCUT2D eigenvalue weighted by Crippen LogP contribution is 2.29. The van der Waals surface area contributed by atoms with Gasteiger partial charge in [0.25, 0.3) is 0 Å². The van der Waals surface area contributed by atoms with Crippen LogP contribution in [0.1, 0.15) is 30.4 Å². The van der Waals surface area contributed by atoms with Crippen LogP contribution < -0.4 is 0 Å². The lowest BCUT2D eigenvalue weighted by molar-refractivity contribution is -0.137. The Morgan fingerprint density at radius 3 is 2.41 bits per heavy atom. The molecule has 150 valence electrons. The van der Waals surface area contributed by atoms with Gasteiger partial charge in [0.1, 0.15) is 0 Å². The molecule has 0 spiro atoms. The van der Waals surface area contributed by atoms with Crippen LogP contribution >= 0.6 is 0 Å². The number of rotatable bonds is 5. The van der Waals surface area contributed by atoms with Crippen LogP contribution in [0.3, 0.4) is 0 Å². The van der Waals surface area contributed by atoms with Crippen LogP contribution in [0.15, 0.2) is 24.3 Å². The summed E-state index contributed by atoms with van der Waals surface area (Å²) in [7, 11) is -3.16. The number of ether oxygens (including phenoxy) is 1. The van der Waals surface area contributed by atoms with Crippen molar-refractivity contribution < 1.29 is 31.1 Å². The van der Waals surface area contributed by atoms with Gasteiger partial charge in [-0.25, -0.2) is 8.42 Å². The van der Waals surface area contributed by atoms with Crippen molar-refractivity contribution in [3.63, 3.8) is 0 Å². The number of hydrogen-bond acceptors (Lipinski definition) is 4. The third kappa shape index (κ3) is 5.22. The summed E-state index contributed by atoms with van der Waals surface area (Å²) in [6, 6.07) is 4.08. The SMILES string of the molecule is O=C(Cc1ccc(C(F)(F)F)cc1)N(C[C@H]1CCCO1)[C@H]1CCS(=O)(=O)C1. The van der Waals surface area contributed by atoms with Crippen molar-refractivity contribution >= 4 is 15.7 Å². The van der Waals surface area contributed by atoms with Crippen LogP contribution in [0.5, 0.6) is 0 Å². The zero-order chi connectivity index (χ0) is 19.7. The summed E-state index contributed by atoms with van der Waals surface area (Å²) in [5.41, 5.74) is -0.303. The van der Waals surface area contributed by atoms with E-state index >= 15 is 0 Å². The quantitative estimate of drug-likeness (QED) is 0.755. The molecular formula is C18H22F3NO4S. The molecule has 5 nitrogen and oxygen atoms in total. The van der Waals surface area contributed by atoms with Gasteiger partial charge in [0.2, 0.25) is 5.91 Å². The number of amides is 1. The van der Waals surface area contributed by atoms with Crippen molar-refractivity contribution in [2.75, 3.05) is 24.7 Å². The fourth-order valence-corrected chi connectivity index (χ4v) is 5.30. The monoisotopic (exact) mass is 405 g/mol. The molecule has 3 rings (SSSR count). The van der Waals surface area contributed by atoms with E-state index in [1.165, 1.54) is 12.1 Å². The topological polar surface area (TPSA) is 63.7 Å². The summed E-state index contributed by atoms with van der Waals surface area (Å²) in [6.07, 6.45) is -2.52. The molecule has 0 saturated carbocycles. The highest BCUT2D eigenvalue weighted by molar-refractivity contribution is 7.91. The Kier molecular flexibility index (Phi) is 5.81. The smallest absolute Gasteiger partial charge is 0.376 e. The summed E-state index contributed by atoms with van der Waals surface area (Å²) >= 11 is 0. The molecule has 0 bridgehead atoms. The van der Waals surface area contributed by atoms with Crippen LogP contribution in [0.25, 0.3) is 0 Å². The van der Waals surface area contributed by atoms with Crippen LogP contribution in [0, 0.1) is 0 Å². The Morgan fingerprint density at radius 2 is 1.89 bits per heavy atom. The Morgan fingerprint density at radius 1 is 1.19 bits per heavy atom. The van der Waals surface area contributed by atoms with Gasteiger partial charge < -0.3 is 9.64 Å². The highest BCUT2D eigenvalue weighted by Gasteiger charge is 2.36. The average Bonchev–Trinajstić information content (AvgIpc) is 3.21. The van der Waals surface area contributed by atoms with E-state index in [4.69, 9.17) is 4.74 Å². The average molecular weight is 405 g/mol. The molecule has 1 aromatic rings. The second-order valence-corrected chi connectivity index (χ2v) is 9.34. The maximum absolute atomic E-state index is 12.8. The van der Waals surface area contributed by atoms with Gasteiger partial charge in [-0.3, -0.25) is 4.79 Å². The van der Waals surface area contributed by atoms with Crippen LogP contribution in [-0.4, -0.2) is 56.0 Å². The molecule has 2 atom stereocenters. The predicted molar refractivity (Wildman–Crippen MR) is 92.9 cm³/mol. The molecule has 27 heavy (non-hydrogen) atoms. The fourth-order valence-electron chi connectivity index (χ4n) is 3.57.